The molecule has 2 aromatic carbocycles. The van der Waals surface area contributed by atoms with Gasteiger partial charge in [-0.2, -0.15) is 0 Å². The number of rotatable bonds is 7. The summed E-state index contributed by atoms with van der Waals surface area (Å²) in [7, 11) is -3.54. The molecule has 0 unspecified atom stereocenters. The molecule has 0 saturated heterocycles. The van der Waals surface area contributed by atoms with Crippen molar-refractivity contribution in [1.29, 1.82) is 0 Å². The minimum absolute atomic E-state index is 0.0523. The Labute approximate surface area is 147 Å². The van der Waals surface area contributed by atoms with Crippen LogP contribution in [0.5, 0.6) is 11.5 Å². The Morgan fingerprint density at radius 3 is 2.16 bits per heavy atom. The highest BCUT2D eigenvalue weighted by Crippen LogP contribution is 2.26. The van der Waals surface area contributed by atoms with Crippen molar-refractivity contribution >= 4 is 15.9 Å². The molecular formula is C18H21NO5S. The highest BCUT2D eigenvalue weighted by Gasteiger charge is 2.28. The summed E-state index contributed by atoms with van der Waals surface area (Å²) in [6.07, 6.45) is -1.17. The lowest BCUT2D eigenvalue weighted by Crippen LogP contribution is -2.37. The smallest absolute Gasteiger partial charge is 0.404 e. The van der Waals surface area contributed by atoms with E-state index in [1.165, 1.54) is 12.1 Å². The Morgan fingerprint density at radius 2 is 1.60 bits per heavy atom. The predicted octanol–water partition coefficient (Wildman–Crippen LogP) is 3.55. The van der Waals surface area contributed by atoms with Crippen molar-refractivity contribution in [2.24, 2.45) is 5.41 Å². The first-order valence-electron chi connectivity index (χ1n) is 7.70. The van der Waals surface area contributed by atoms with Crippen LogP contribution < -0.4 is 10.1 Å². The Kier molecular flexibility index (Phi) is 5.69. The van der Waals surface area contributed by atoms with Gasteiger partial charge in [0.15, 0.2) is 9.84 Å². The summed E-state index contributed by atoms with van der Waals surface area (Å²) < 4.78 is 30.7. The van der Waals surface area contributed by atoms with Crippen molar-refractivity contribution in [2.45, 2.75) is 18.7 Å². The van der Waals surface area contributed by atoms with E-state index in [4.69, 9.17) is 9.84 Å². The van der Waals surface area contributed by atoms with Gasteiger partial charge in [0.1, 0.15) is 11.5 Å². The quantitative estimate of drug-likeness (QED) is 0.785. The van der Waals surface area contributed by atoms with E-state index < -0.39 is 21.3 Å². The van der Waals surface area contributed by atoms with Gasteiger partial charge in [0.25, 0.3) is 0 Å². The Morgan fingerprint density at radius 1 is 1.04 bits per heavy atom. The molecule has 2 aromatic rings. The van der Waals surface area contributed by atoms with Crippen LogP contribution in [0.3, 0.4) is 0 Å². The molecule has 2 N–H and O–H groups in total. The SMILES string of the molecule is CC(C)(CNC(=O)O)CS(=O)(=O)c1ccc(Oc2ccccc2)cc1. The molecule has 0 aliphatic heterocycles. The Hall–Kier alpha value is -2.54. The molecule has 6 nitrogen and oxygen atoms in total. The first-order valence-corrected chi connectivity index (χ1v) is 9.36. The maximum absolute atomic E-state index is 12.5. The van der Waals surface area contributed by atoms with Gasteiger partial charge >= 0.3 is 6.09 Å². The van der Waals surface area contributed by atoms with Gasteiger partial charge in [-0.3, -0.25) is 0 Å². The van der Waals surface area contributed by atoms with Gasteiger partial charge in [0, 0.05) is 6.54 Å². The summed E-state index contributed by atoms with van der Waals surface area (Å²) in [5, 5.41) is 10.9. The number of amides is 1. The zero-order chi connectivity index (χ0) is 18.5. The highest BCUT2D eigenvalue weighted by molar-refractivity contribution is 7.91. The lowest BCUT2D eigenvalue weighted by molar-refractivity contribution is 0.189. The van der Waals surface area contributed by atoms with E-state index in [2.05, 4.69) is 5.32 Å². The molecule has 0 aliphatic rings. The predicted molar refractivity (Wildman–Crippen MR) is 94.8 cm³/mol. The summed E-state index contributed by atoms with van der Waals surface area (Å²) in [5.41, 5.74) is -0.726. The molecule has 0 radical (unpaired) electrons. The van der Waals surface area contributed by atoms with Crippen molar-refractivity contribution in [2.75, 3.05) is 12.3 Å². The summed E-state index contributed by atoms with van der Waals surface area (Å²) in [4.78, 5) is 10.8. The summed E-state index contributed by atoms with van der Waals surface area (Å²) >= 11 is 0. The number of benzene rings is 2. The maximum Gasteiger partial charge on any atom is 0.404 e. The molecule has 1 amide bonds. The standard InChI is InChI=1S/C18H21NO5S/c1-18(2,12-19-17(20)21)13-25(22,23)16-10-8-15(9-11-16)24-14-6-4-3-5-7-14/h3-11,19H,12-13H2,1-2H3,(H,20,21). The summed E-state index contributed by atoms with van der Waals surface area (Å²) in [5.74, 6) is 1.04. The normalized spacial score (nSPS) is 11.8. The van der Waals surface area contributed by atoms with Crippen LogP contribution in [-0.2, 0) is 9.84 Å². The number of hydrogen-bond donors (Lipinski definition) is 2. The van der Waals surface area contributed by atoms with Crippen LogP contribution in [0.4, 0.5) is 4.79 Å². The zero-order valence-electron chi connectivity index (χ0n) is 14.1. The van der Waals surface area contributed by atoms with Crippen LogP contribution in [0.1, 0.15) is 13.8 Å². The minimum atomic E-state index is -3.54. The van der Waals surface area contributed by atoms with Crippen molar-refractivity contribution in [3.8, 4) is 11.5 Å². The molecule has 0 spiro atoms. The second-order valence-corrected chi connectivity index (χ2v) is 8.46. The fourth-order valence-corrected chi connectivity index (χ4v) is 4.15. The Balaban J connectivity index is 2.08. The maximum atomic E-state index is 12.5. The Bertz CT molecular complexity index is 814. The van der Waals surface area contributed by atoms with Crippen LogP contribution in [0.2, 0.25) is 0 Å². The minimum Gasteiger partial charge on any atom is -0.465 e. The summed E-state index contributed by atoms with van der Waals surface area (Å²) in [6.45, 7) is 3.46. The molecule has 2 rings (SSSR count). The van der Waals surface area contributed by atoms with Crippen LogP contribution in [-0.4, -0.2) is 31.9 Å². The molecule has 0 fully saturated rings. The van der Waals surface area contributed by atoms with Crippen LogP contribution in [0, 0.1) is 5.41 Å². The van der Waals surface area contributed by atoms with Gasteiger partial charge in [-0.25, -0.2) is 13.2 Å². The third-order valence-corrected chi connectivity index (χ3v) is 5.61. The molecular weight excluding hydrogens is 342 g/mol. The number of nitrogens with one attached hydrogen (secondary N) is 1. The van der Waals surface area contributed by atoms with E-state index in [0.717, 1.165) is 0 Å². The molecule has 0 heterocycles. The van der Waals surface area contributed by atoms with Gasteiger partial charge in [-0.1, -0.05) is 32.0 Å². The molecule has 0 aliphatic carbocycles. The monoisotopic (exact) mass is 363 g/mol. The third kappa shape index (κ3) is 5.79. The average Bonchev–Trinajstić information content (AvgIpc) is 2.54. The number of carboxylic acid groups (broad SMARTS) is 1. The van der Waals surface area contributed by atoms with E-state index in [9.17, 15) is 13.2 Å². The van der Waals surface area contributed by atoms with Gasteiger partial charge in [0.05, 0.1) is 10.6 Å². The second kappa shape index (κ2) is 7.57. The molecule has 7 heteroatoms. The molecule has 0 saturated carbocycles. The van der Waals surface area contributed by atoms with Crippen molar-refractivity contribution in [3.05, 3.63) is 54.6 Å². The van der Waals surface area contributed by atoms with E-state index >= 15 is 0 Å². The number of hydrogen-bond acceptors (Lipinski definition) is 4. The highest BCUT2D eigenvalue weighted by atomic mass is 32.2. The van der Waals surface area contributed by atoms with Gasteiger partial charge in [-0.05, 0) is 41.8 Å². The van der Waals surface area contributed by atoms with Crippen molar-refractivity contribution in [3.63, 3.8) is 0 Å². The zero-order valence-corrected chi connectivity index (χ0v) is 14.9. The fraction of sp³-hybridized carbons (Fsp3) is 0.278. The first-order chi connectivity index (χ1) is 11.7. The number of para-hydroxylation sites is 1. The molecule has 0 aromatic heterocycles. The number of ether oxygens (including phenoxy) is 1. The largest absolute Gasteiger partial charge is 0.465 e. The number of carbonyl (C=O) groups is 1. The van der Waals surface area contributed by atoms with Gasteiger partial charge in [0.2, 0.25) is 0 Å². The fourth-order valence-electron chi connectivity index (χ4n) is 2.30. The van der Waals surface area contributed by atoms with Crippen LogP contribution in [0.25, 0.3) is 0 Å². The van der Waals surface area contributed by atoms with E-state index in [-0.39, 0.29) is 17.2 Å². The van der Waals surface area contributed by atoms with E-state index in [1.807, 2.05) is 30.3 Å². The topological polar surface area (TPSA) is 92.7 Å². The van der Waals surface area contributed by atoms with E-state index in [0.29, 0.717) is 11.5 Å². The van der Waals surface area contributed by atoms with Crippen LogP contribution in [0.15, 0.2) is 59.5 Å². The molecule has 0 atom stereocenters. The van der Waals surface area contributed by atoms with Gasteiger partial charge in [-0.15, -0.1) is 0 Å². The lowest BCUT2D eigenvalue weighted by Gasteiger charge is -2.24. The number of sulfone groups is 1. The van der Waals surface area contributed by atoms with E-state index in [1.54, 1.807) is 26.0 Å². The molecule has 25 heavy (non-hydrogen) atoms. The average molecular weight is 363 g/mol. The molecule has 0 bridgehead atoms. The van der Waals surface area contributed by atoms with Crippen molar-refractivity contribution in [1.82, 2.24) is 5.32 Å². The first kappa shape index (κ1) is 18.8. The lowest BCUT2D eigenvalue weighted by atomic mass is 9.97. The second-order valence-electron chi connectivity index (χ2n) is 6.47. The molecule has 134 valence electrons. The summed E-state index contributed by atoms with van der Waals surface area (Å²) in [6, 6.07) is 15.4. The third-order valence-electron chi connectivity index (χ3n) is 3.46. The van der Waals surface area contributed by atoms with Gasteiger partial charge < -0.3 is 15.2 Å². The van der Waals surface area contributed by atoms with Crippen molar-refractivity contribution < 1.29 is 23.1 Å². The van der Waals surface area contributed by atoms with Crippen LogP contribution >= 0.6 is 0 Å².